The number of hydrogen-bond donors (Lipinski definition) is 2. The molecule has 2 aromatic rings. The molecule has 0 bridgehead atoms. The Morgan fingerprint density at radius 2 is 2.30 bits per heavy atom. The second-order valence-electron chi connectivity index (χ2n) is 4.33. The van der Waals surface area contributed by atoms with Crippen molar-refractivity contribution in [2.75, 3.05) is 0 Å². The van der Waals surface area contributed by atoms with Crippen LogP contribution in [0.4, 0.5) is 5.95 Å². The molecule has 0 aliphatic carbocycles. The number of phenols is 1. The first-order chi connectivity index (χ1) is 10.9. The topological polar surface area (TPSA) is 148 Å². The number of amides is 1. The molecule has 1 aromatic carbocycles. The lowest BCUT2D eigenvalue weighted by atomic mass is 10.2. The number of carbonyl (C=O) groups excluding carboxylic acids is 1. The standard InChI is InChI=1S/C11H10BrN7O4/c1-6(5-18-16-11(15-17-18)19(22)23)13-14-10(21)8-4-7(12)2-3-9(8)20/h2-4,20H,5H2,1H3,(H,14,21). The van der Waals surface area contributed by atoms with Crippen LogP contribution in [0.15, 0.2) is 27.8 Å². The Kier molecular flexibility index (Phi) is 4.95. The van der Waals surface area contributed by atoms with Crippen LogP contribution in [0.2, 0.25) is 0 Å². The molecule has 0 atom stereocenters. The van der Waals surface area contributed by atoms with Crippen LogP contribution in [0.1, 0.15) is 17.3 Å². The van der Waals surface area contributed by atoms with Gasteiger partial charge in [0, 0.05) is 9.69 Å². The van der Waals surface area contributed by atoms with Gasteiger partial charge in [0.2, 0.25) is 0 Å². The molecule has 1 amide bonds. The Morgan fingerprint density at radius 1 is 1.57 bits per heavy atom. The van der Waals surface area contributed by atoms with Crippen LogP contribution in [-0.4, -0.2) is 41.9 Å². The summed E-state index contributed by atoms with van der Waals surface area (Å²) < 4.78 is 0.625. The molecule has 23 heavy (non-hydrogen) atoms. The lowest BCUT2D eigenvalue weighted by Crippen LogP contribution is -2.21. The number of hydrogen-bond acceptors (Lipinski definition) is 8. The largest absolute Gasteiger partial charge is 0.514 e. The number of nitrogens with zero attached hydrogens (tertiary/aromatic N) is 6. The lowest BCUT2D eigenvalue weighted by Gasteiger charge is -2.04. The first kappa shape index (κ1) is 16.5. The van der Waals surface area contributed by atoms with Gasteiger partial charge in [0.15, 0.2) is 0 Å². The van der Waals surface area contributed by atoms with Gasteiger partial charge in [-0.2, -0.15) is 5.10 Å². The normalized spacial score (nSPS) is 11.3. The maximum atomic E-state index is 11.9. The average Bonchev–Trinajstić information content (AvgIpc) is 2.96. The summed E-state index contributed by atoms with van der Waals surface area (Å²) in [5.41, 5.74) is 2.68. The predicted octanol–water partition coefficient (Wildman–Crippen LogP) is 0.855. The van der Waals surface area contributed by atoms with E-state index in [4.69, 9.17) is 0 Å². The van der Waals surface area contributed by atoms with Crippen molar-refractivity contribution in [3.05, 3.63) is 38.3 Å². The molecule has 0 radical (unpaired) electrons. The van der Waals surface area contributed by atoms with Gasteiger partial charge < -0.3 is 15.2 Å². The van der Waals surface area contributed by atoms with Crippen molar-refractivity contribution in [1.29, 1.82) is 0 Å². The molecule has 0 spiro atoms. The fraction of sp³-hybridized carbons (Fsp3) is 0.182. The van der Waals surface area contributed by atoms with Crippen molar-refractivity contribution in [1.82, 2.24) is 25.6 Å². The van der Waals surface area contributed by atoms with Crippen molar-refractivity contribution in [2.45, 2.75) is 13.5 Å². The third kappa shape index (κ3) is 4.29. The van der Waals surface area contributed by atoms with Crippen LogP contribution in [-0.2, 0) is 6.54 Å². The lowest BCUT2D eigenvalue weighted by molar-refractivity contribution is -0.394. The van der Waals surface area contributed by atoms with E-state index in [-0.39, 0.29) is 17.9 Å². The van der Waals surface area contributed by atoms with Crippen molar-refractivity contribution < 1.29 is 14.8 Å². The van der Waals surface area contributed by atoms with Crippen LogP contribution in [0.5, 0.6) is 5.75 Å². The van der Waals surface area contributed by atoms with E-state index in [0.29, 0.717) is 10.2 Å². The smallest absolute Gasteiger partial charge is 0.507 e. The van der Waals surface area contributed by atoms with Gasteiger partial charge in [0.05, 0.1) is 21.5 Å². The summed E-state index contributed by atoms with van der Waals surface area (Å²) in [5, 5.41) is 34.1. The Balaban J connectivity index is 2.02. The quantitative estimate of drug-likeness (QED) is 0.441. The molecule has 1 heterocycles. The minimum atomic E-state index is -0.770. The monoisotopic (exact) mass is 383 g/mol. The van der Waals surface area contributed by atoms with E-state index in [0.717, 1.165) is 4.80 Å². The molecule has 0 aliphatic heterocycles. The zero-order chi connectivity index (χ0) is 17.0. The molecular weight excluding hydrogens is 374 g/mol. The fourth-order valence-electron chi connectivity index (χ4n) is 1.51. The number of tetrazole rings is 1. The van der Waals surface area contributed by atoms with Crippen LogP contribution >= 0.6 is 15.9 Å². The van der Waals surface area contributed by atoms with Gasteiger partial charge in [-0.1, -0.05) is 20.7 Å². The fourth-order valence-corrected chi connectivity index (χ4v) is 1.87. The number of nitro groups is 1. The van der Waals surface area contributed by atoms with Gasteiger partial charge in [-0.25, -0.2) is 5.43 Å². The molecule has 1 aromatic heterocycles. The van der Waals surface area contributed by atoms with E-state index in [1.807, 2.05) is 0 Å². The molecule has 120 valence electrons. The number of hydrazone groups is 1. The number of aromatic hydroxyl groups is 1. The van der Waals surface area contributed by atoms with Gasteiger partial charge in [-0.3, -0.25) is 4.79 Å². The molecule has 0 fully saturated rings. The van der Waals surface area contributed by atoms with Crippen LogP contribution < -0.4 is 5.43 Å². The third-order valence-electron chi connectivity index (χ3n) is 2.53. The van der Waals surface area contributed by atoms with Gasteiger partial charge in [0.1, 0.15) is 12.3 Å². The Labute approximate surface area is 137 Å². The van der Waals surface area contributed by atoms with Crippen LogP contribution in [0.3, 0.4) is 0 Å². The van der Waals surface area contributed by atoms with E-state index >= 15 is 0 Å². The van der Waals surface area contributed by atoms with Crippen molar-refractivity contribution in [3.8, 4) is 5.75 Å². The first-order valence-corrected chi connectivity index (χ1v) is 6.90. The van der Waals surface area contributed by atoms with Gasteiger partial charge in [-0.15, -0.1) is 0 Å². The summed E-state index contributed by atoms with van der Waals surface area (Å²) in [5.74, 6) is -1.42. The second kappa shape index (κ2) is 6.91. The maximum absolute atomic E-state index is 11.9. The molecule has 11 nitrogen and oxygen atoms in total. The Bertz CT molecular complexity index is 788. The van der Waals surface area contributed by atoms with Crippen LogP contribution in [0, 0.1) is 10.1 Å². The summed E-state index contributed by atoms with van der Waals surface area (Å²) in [7, 11) is 0. The van der Waals surface area contributed by atoms with Crippen molar-refractivity contribution in [2.24, 2.45) is 5.10 Å². The molecule has 12 heteroatoms. The van der Waals surface area contributed by atoms with E-state index < -0.39 is 16.8 Å². The molecular formula is C11H10BrN7O4. The van der Waals surface area contributed by atoms with Gasteiger partial charge in [0.25, 0.3) is 5.91 Å². The zero-order valence-electron chi connectivity index (χ0n) is 11.7. The average molecular weight is 384 g/mol. The highest BCUT2D eigenvalue weighted by Gasteiger charge is 2.16. The SMILES string of the molecule is CC(Cn1nnc([N+](=O)[O-])n1)=NNC(=O)c1cc(Br)ccc1O. The maximum Gasteiger partial charge on any atom is 0.514 e. The molecule has 2 N–H and O–H groups in total. The number of halogens is 1. The van der Waals surface area contributed by atoms with Crippen molar-refractivity contribution in [3.63, 3.8) is 0 Å². The van der Waals surface area contributed by atoms with E-state index in [2.05, 4.69) is 41.9 Å². The van der Waals surface area contributed by atoms with E-state index in [1.54, 1.807) is 13.0 Å². The van der Waals surface area contributed by atoms with Gasteiger partial charge in [-0.05, 0) is 30.0 Å². The number of phenolic OH excluding ortho intramolecular Hbond substituents is 1. The number of rotatable bonds is 5. The van der Waals surface area contributed by atoms with Crippen LogP contribution in [0.25, 0.3) is 0 Å². The van der Waals surface area contributed by atoms with E-state index in [1.165, 1.54) is 12.1 Å². The minimum absolute atomic E-state index is 0.00554. The van der Waals surface area contributed by atoms with E-state index in [9.17, 15) is 20.0 Å². The third-order valence-corrected chi connectivity index (χ3v) is 3.02. The molecule has 0 saturated heterocycles. The number of aromatic nitrogens is 4. The summed E-state index contributed by atoms with van der Waals surface area (Å²) in [6, 6.07) is 4.40. The minimum Gasteiger partial charge on any atom is -0.507 e. The molecule has 0 aliphatic rings. The summed E-state index contributed by atoms with van der Waals surface area (Å²) >= 11 is 3.19. The first-order valence-electron chi connectivity index (χ1n) is 6.11. The summed E-state index contributed by atoms with van der Waals surface area (Å²) in [4.78, 5) is 22.6. The molecule has 0 saturated carbocycles. The summed E-state index contributed by atoms with van der Waals surface area (Å²) in [6.45, 7) is 1.57. The predicted molar refractivity (Wildman–Crippen MR) is 80.9 cm³/mol. The number of carbonyl (C=O) groups is 1. The Hall–Kier alpha value is -2.89. The molecule has 0 unspecified atom stereocenters. The zero-order valence-corrected chi connectivity index (χ0v) is 13.3. The summed E-state index contributed by atoms with van der Waals surface area (Å²) in [6.07, 6.45) is 0. The highest BCUT2D eigenvalue weighted by molar-refractivity contribution is 9.10. The highest BCUT2D eigenvalue weighted by Crippen LogP contribution is 2.21. The number of benzene rings is 1. The van der Waals surface area contributed by atoms with Gasteiger partial charge >= 0.3 is 5.95 Å². The Morgan fingerprint density at radius 3 is 2.96 bits per heavy atom. The molecule has 2 rings (SSSR count). The highest BCUT2D eigenvalue weighted by atomic mass is 79.9. The second-order valence-corrected chi connectivity index (χ2v) is 5.24. The van der Waals surface area contributed by atoms with Crippen molar-refractivity contribution >= 4 is 33.5 Å². The number of nitrogens with one attached hydrogen (secondary N) is 1.